The van der Waals surface area contributed by atoms with E-state index in [-0.39, 0.29) is 41.8 Å². The first-order valence-electron chi connectivity index (χ1n) is 10.4. The fourth-order valence-electron chi connectivity index (χ4n) is 3.46. The van der Waals surface area contributed by atoms with Crippen molar-refractivity contribution in [2.75, 3.05) is 26.7 Å². The van der Waals surface area contributed by atoms with Crippen molar-refractivity contribution in [2.45, 2.75) is 71.2 Å². The summed E-state index contributed by atoms with van der Waals surface area (Å²) in [5, 5.41) is 11.0. The molecule has 1 saturated heterocycles. The number of nitrogens with one attached hydrogen (secondary N) is 2. The lowest BCUT2D eigenvalue weighted by molar-refractivity contribution is 0.00701. The van der Waals surface area contributed by atoms with Crippen molar-refractivity contribution < 1.29 is 9.53 Å². The number of aromatic nitrogens is 3. The van der Waals surface area contributed by atoms with E-state index in [0.717, 1.165) is 38.1 Å². The Hall–Kier alpha value is -1.79. The van der Waals surface area contributed by atoms with Gasteiger partial charge in [-0.25, -0.2) is 14.3 Å². The van der Waals surface area contributed by atoms with Gasteiger partial charge in [0.2, 0.25) is 0 Å². The Bertz CT molecular complexity index is 806. The number of aryl methyl sites for hydroxylation is 2. The Morgan fingerprint density at radius 3 is 2.67 bits per heavy atom. The monoisotopic (exact) mass is 535 g/mol. The lowest BCUT2D eigenvalue weighted by Gasteiger charge is -2.40. The minimum Gasteiger partial charge on any atom is -0.444 e. The lowest BCUT2D eigenvalue weighted by atomic mass is 10.1. The molecule has 0 saturated carbocycles. The molecule has 2 aliphatic rings. The number of fused-ring (bicyclic) bond motifs is 1. The van der Waals surface area contributed by atoms with Crippen LogP contribution in [0.4, 0.5) is 4.79 Å². The van der Waals surface area contributed by atoms with Crippen LogP contribution in [0.25, 0.3) is 0 Å². The number of ether oxygens (including phenoxy) is 1. The topological polar surface area (TPSA) is 106 Å². The molecule has 0 aliphatic carbocycles. The number of carbonyl (C=O) groups excluding carboxylic acids is 1. The van der Waals surface area contributed by atoms with Crippen LogP contribution in [0.15, 0.2) is 9.79 Å². The summed E-state index contributed by atoms with van der Waals surface area (Å²) in [5.74, 6) is 1.60. The summed E-state index contributed by atoms with van der Waals surface area (Å²) in [4.78, 5) is 30.2. The Morgan fingerprint density at radius 1 is 1.30 bits per heavy atom. The van der Waals surface area contributed by atoms with Crippen LogP contribution in [-0.4, -0.2) is 69.6 Å². The van der Waals surface area contributed by atoms with Crippen molar-refractivity contribution in [3.63, 3.8) is 0 Å². The van der Waals surface area contributed by atoms with Crippen LogP contribution in [0.1, 0.15) is 45.9 Å². The highest BCUT2D eigenvalue weighted by Gasteiger charge is 2.34. The number of hydrogen-bond donors (Lipinski definition) is 2. The Balaban J connectivity index is 0.00000320. The maximum atomic E-state index is 12.3. The van der Waals surface area contributed by atoms with Crippen molar-refractivity contribution in [1.29, 1.82) is 0 Å². The van der Waals surface area contributed by atoms with Gasteiger partial charge in [-0.15, -0.1) is 24.0 Å². The smallest absolute Gasteiger partial charge is 0.410 e. The first-order chi connectivity index (χ1) is 13.8. The van der Waals surface area contributed by atoms with Gasteiger partial charge in [0, 0.05) is 46.2 Å². The zero-order chi connectivity index (χ0) is 21.0. The largest absolute Gasteiger partial charge is 0.444 e. The predicted octanol–water partition coefficient (Wildman–Crippen LogP) is 1.17. The number of carbonyl (C=O) groups is 1. The number of likely N-dealkylation sites (tertiary alicyclic amines) is 1. The SMILES string of the molecule is CN=C(NCCCn1nc2n(c1=O)CCCC2)NC1CN(C(=O)OC(C)(C)C)C1.I. The van der Waals surface area contributed by atoms with E-state index in [1.807, 2.05) is 20.8 Å². The second-order valence-corrected chi connectivity index (χ2v) is 8.61. The number of hydrogen-bond acceptors (Lipinski definition) is 5. The van der Waals surface area contributed by atoms with Gasteiger partial charge in [-0.2, -0.15) is 5.10 Å². The van der Waals surface area contributed by atoms with E-state index in [9.17, 15) is 9.59 Å². The normalized spacial score (nSPS) is 16.9. The molecule has 1 aromatic heterocycles. The summed E-state index contributed by atoms with van der Waals surface area (Å²) in [7, 11) is 1.72. The Morgan fingerprint density at radius 2 is 2.03 bits per heavy atom. The molecule has 0 atom stereocenters. The minimum atomic E-state index is -0.483. The molecule has 0 unspecified atom stereocenters. The molecule has 2 N–H and O–H groups in total. The number of halogens is 1. The molecule has 0 spiro atoms. The quantitative estimate of drug-likeness (QED) is 0.254. The average molecular weight is 535 g/mol. The average Bonchev–Trinajstić information content (AvgIpc) is 2.94. The van der Waals surface area contributed by atoms with E-state index < -0.39 is 5.60 Å². The van der Waals surface area contributed by atoms with Crippen molar-refractivity contribution in [1.82, 2.24) is 29.9 Å². The molecule has 10 nitrogen and oxygen atoms in total. The van der Waals surface area contributed by atoms with Crippen LogP contribution in [0.3, 0.4) is 0 Å². The van der Waals surface area contributed by atoms with E-state index in [0.29, 0.717) is 32.1 Å². The highest BCUT2D eigenvalue weighted by atomic mass is 127. The van der Waals surface area contributed by atoms with Gasteiger partial charge in [-0.3, -0.25) is 9.56 Å². The Labute approximate surface area is 194 Å². The molecular formula is C19H34IN7O3. The fraction of sp³-hybridized carbons (Fsp3) is 0.789. The molecule has 11 heteroatoms. The molecular weight excluding hydrogens is 501 g/mol. The molecule has 3 heterocycles. The standard InChI is InChI=1S/C19H33N7O3.HI/c1-19(2,3)29-18(28)24-12-14(13-24)22-16(20-4)21-9-7-11-26-17(27)25-10-6-5-8-15(25)23-26;/h14H,5-13H2,1-4H3,(H2,20,21,22);1H. The molecule has 170 valence electrons. The second kappa shape index (κ2) is 10.5. The van der Waals surface area contributed by atoms with E-state index in [1.165, 1.54) is 0 Å². The second-order valence-electron chi connectivity index (χ2n) is 8.61. The van der Waals surface area contributed by atoms with Crippen molar-refractivity contribution in [3.8, 4) is 0 Å². The van der Waals surface area contributed by atoms with Crippen LogP contribution in [0, 0.1) is 0 Å². The third-order valence-corrected chi connectivity index (χ3v) is 4.97. The molecule has 2 aliphatic heterocycles. The highest BCUT2D eigenvalue weighted by Crippen LogP contribution is 2.15. The van der Waals surface area contributed by atoms with Crippen LogP contribution in [-0.2, 0) is 24.2 Å². The summed E-state index contributed by atoms with van der Waals surface area (Å²) >= 11 is 0. The maximum Gasteiger partial charge on any atom is 0.410 e. The summed E-state index contributed by atoms with van der Waals surface area (Å²) in [6, 6.07) is 0.149. The Kier molecular flexibility index (Phi) is 8.56. The van der Waals surface area contributed by atoms with Gasteiger partial charge in [0.25, 0.3) is 0 Å². The predicted molar refractivity (Wildman–Crippen MR) is 126 cm³/mol. The summed E-state index contributed by atoms with van der Waals surface area (Å²) in [5.41, 5.74) is -0.484. The van der Waals surface area contributed by atoms with Gasteiger partial charge in [0.1, 0.15) is 11.4 Å². The lowest BCUT2D eigenvalue weighted by Crippen LogP contribution is -2.63. The van der Waals surface area contributed by atoms with E-state index >= 15 is 0 Å². The number of nitrogens with zero attached hydrogens (tertiary/aromatic N) is 5. The van der Waals surface area contributed by atoms with Crippen molar-refractivity contribution >= 4 is 36.0 Å². The number of rotatable bonds is 5. The molecule has 1 amide bonds. The van der Waals surface area contributed by atoms with Crippen LogP contribution in [0.2, 0.25) is 0 Å². The number of amides is 1. The number of aliphatic imine (C=N–C) groups is 1. The summed E-state index contributed by atoms with van der Waals surface area (Å²) in [6.07, 6.45) is 3.53. The molecule has 3 rings (SSSR count). The minimum absolute atomic E-state index is 0. The molecule has 0 aromatic carbocycles. The summed E-state index contributed by atoms with van der Waals surface area (Å²) < 4.78 is 8.73. The molecule has 30 heavy (non-hydrogen) atoms. The van der Waals surface area contributed by atoms with Crippen LogP contribution in [0.5, 0.6) is 0 Å². The van der Waals surface area contributed by atoms with Crippen molar-refractivity contribution in [2.24, 2.45) is 4.99 Å². The zero-order valence-corrected chi connectivity index (χ0v) is 20.6. The van der Waals surface area contributed by atoms with Crippen LogP contribution < -0.4 is 16.3 Å². The summed E-state index contributed by atoms with van der Waals surface area (Å²) in [6.45, 7) is 8.80. The molecule has 0 bridgehead atoms. The van der Waals surface area contributed by atoms with Gasteiger partial charge in [-0.05, 0) is 40.0 Å². The molecule has 1 aromatic rings. The van der Waals surface area contributed by atoms with Gasteiger partial charge in [0.15, 0.2) is 5.96 Å². The number of guanidine groups is 1. The van der Waals surface area contributed by atoms with Gasteiger partial charge < -0.3 is 20.3 Å². The van der Waals surface area contributed by atoms with Gasteiger partial charge in [-0.1, -0.05) is 0 Å². The van der Waals surface area contributed by atoms with Gasteiger partial charge in [0.05, 0.1) is 6.04 Å². The zero-order valence-electron chi connectivity index (χ0n) is 18.3. The fourth-order valence-corrected chi connectivity index (χ4v) is 3.46. The highest BCUT2D eigenvalue weighted by molar-refractivity contribution is 14.0. The van der Waals surface area contributed by atoms with Crippen LogP contribution >= 0.6 is 24.0 Å². The third-order valence-electron chi connectivity index (χ3n) is 4.97. The van der Waals surface area contributed by atoms with Crippen molar-refractivity contribution in [3.05, 3.63) is 16.3 Å². The third kappa shape index (κ3) is 6.35. The molecule has 0 radical (unpaired) electrons. The van der Waals surface area contributed by atoms with Gasteiger partial charge >= 0.3 is 11.8 Å². The molecule has 1 fully saturated rings. The first-order valence-corrected chi connectivity index (χ1v) is 10.4. The van der Waals surface area contributed by atoms with E-state index in [1.54, 1.807) is 21.2 Å². The maximum absolute atomic E-state index is 12.3. The first kappa shape index (κ1) is 24.5. The van der Waals surface area contributed by atoms with E-state index in [4.69, 9.17) is 4.74 Å². The van der Waals surface area contributed by atoms with E-state index in [2.05, 4.69) is 20.7 Å².